The molecule has 4 aromatic rings. The largest absolute Gasteiger partial charge is 0.280 e. The van der Waals surface area contributed by atoms with Crippen molar-refractivity contribution in [1.29, 1.82) is 0 Å². The highest BCUT2D eigenvalue weighted by molar-refractivity contribution is 6.04. The zero-order valence-electron chi connectivity index (χ0n) is 16.7. The average Bonchev–Trinajstić information content (AvgIpc) is 3.21. The second-order valence-corrected chi connectivity index (χ2v) is 7.35. The lowest BCUT2D eigenvalue weighted by atomic mass is 9.97. The number of nitrogens with zero attached hydrogens (tertiary/aromatic N) is 3. The first-order valence-electron chi connectivity index (χ1n) is 10.3. The molecule has 1 aromatic heterocycles. The molecule has 4 heteroatoms. The second kappa shape index (κ2) is 8.82. The normalized spacial score (nSPS) is 11.1. The third-order valence-corrected chi connectivity index (χ3v) is 5.29. The number of rotatable bonds is 7. The number of carbonyl (C=O) groups excluding carboxylic acids is 1. The highest BCUT2D eigenvalue weighted by Crippen LogP contribution is 2.26. The summed E-state index contributed by atoms with van der Waals surface area (Å²) in [5.41, 5.74) is 5.35. The topological polar surface area (TPSA) is 47.8 Å². The molecule has 0 aliphatic rings. The molecule has 29 heavy (non-hydrogen) atoms. The summed E-state index contributed by atoms with van der Waals surface area (Å²) in [6.45, 7) is 2.23. The first-order valence-corrected chi connectivity index (χ1v) is 10.3. The number of carbonyl (C=O) groups is 1. The predicted octanol–water partition coefficient (Wildman–Crippen LogP) is 5.91. The molecule has 0 amide bonds. The molecule has 0 atom stereocenters. The van der Waals surface area contributed by atoms with Crippen molar-refractivity contribution in [2.24, 2.45) is 0 Å². The summed E-state index contributed by atoms with van der Waals surface area (Å²) in [5.74, 6) is -0.169. The Bertz CT molecular complexity index is 1110. The van der Waals surface area contributed by atoms with Crippen LogP contribution in [0.3, 0.4) is 0 Å². The molecule has 0 N–H and O–H groups in total. The maximum Gasteiger partial charge on any atom is 0.280 e. The van der Waals surface area contributed by atoms with Gasteiger partial charge in [0.15, 0.2) is 0 Å². The summed E-state index contributed by atoms with van der Waals surface area (Å²) in [6.07, 6.45) is 6.16. The Labute approximate surface area is 171 Å². The van der Waals surface area contributed by atoms with Crippen LogP contribution in [0.15, 0.2) is 72.8 Å². The first-order chi connectivity index (χ1) is 14.3. The standard InChI is InChI=1S/C25H25N3O/c1-2-3-4-5-10-19-15-17-20(18-16-19)21-11-6-7-12-22(21)25(29)28-24-14-9-8-13-23(24)26-27-28/h6-9,11-18H,2-5,10H2,1H3. The number of hydrogen-bond donors (Lipinski definition) is 0. The van der Waals surface area contributed by atoms with Crippen molar-refractivity contribution in [1.82, 2.24) is 15.0 Å². The van der Waals surface area contributed by atoms with Gasteiger partial charge < -0.3 is 0 Å². The van der Waals surface area contributed by atoms with E-state index in [1.807, 2.05) is 48.5 Å². The monoisotopic (exact) mass is 383 g/mol. The van der Waals surface area contributed by atoms with Gasteiger partial charge in [0.05, 0.1) is 5.52 Å². The lowest BCUT2D eigenvalue weighted by molar-refractivity contribution is 0.0949. The maximum absolute atomic E-state index is 13.2. The van der Waals surface area contributed by atoms with E-state index >= 15 is 0 Å². The molecule has 0 unspecified atom stereocenters. The minimum absolute atomic E-state index is 0.169. The molecule has 0 spiro atoms. The number of benzene rings is 3. The van der Waals surface area contributed by atoms with E-state index in [4.69, 9.17) is 0 Å². The van der Waals surface area contributed by atoms with Crippen molar-refractivity contribution in [2.45, 2.75) is 39.0 Å². The molecule has 0 saturated carbocycles. The molecule has 3 aromatic carbocycles. The smallest absolute Gasteiger partial charge is 0.267 e. The molecule has 0 fully saturated rings. The molecule has 0 aliphatic heterocycles. The van der Waals surface area contributed by atoms with Crippen molar-refractivity contribution in [3.63, 3.8) is 0 Å². The van der Waals surface area contributed by atoms with Crippen LogP contribution >= 0.6 is 0 Å². The zero-order chi connectivity index (χ0) is 20.1. The fourth-order valence-electron chi connectivity index (χ4n) is 3.66. The number of aromatic nitrogens is 3. The number of unbranched alkanes of at least 4 members (excludes halogenated alkanes) is 3. The lowest BCUT2D eigenvalue weighted by Gasteiger charge is -2.10. The van der Waals surface area contributed by atoms with E-state index in [0.29, 0.717) is 11.1 Å². The molecule has 1 heterocycles. The molecule has 0 radical (unpaired) electrons. The van der Waals surface area contributed by atoms with E-state index in [1.54, 1.807) is 0 Å². The van der Waals surface area contributed by atoms with Crippen molar-refractivity contribution >= 4 is 16.9 Å². The molecular weight excluding hydrogens is 358 g/mol. The van der Waals surface area contributed by atoms with Crippen molar-refractivity contribution in [2.75, 3.05) is 0 Å². The Morgan fingerprint density at radius 2 is 1.62 bits per heavy atom. The van der Waals surface area contributed by atoms with Crippen LogP contribution in [0.25, 0.3) is 22.2 Å². The third kappa shape index (κ3) is 4.11. The quantitative estimate of drug-likeness (QED) is 0.373. The lowest BCUT2D eigenvalue weighted by Crippen LogP contribution is -2.14. The van der Waals surface area contributed by atoms with Crippen LogP contribution in [0.2, 0.25) is 0 Å². The Morgan fingerprint density at radius 3 is 2.45 bits per heavy atom. The minimum atomic E-state index is -0.169. The van der Waals surface area contributed by atoms with Crippen LogP contribution < -0.4 is 0 Å². The predicted molar refractivity (Wildman–Crippen MR) is 117 cm³/mol. The Morgan fingerprint density at radius 1 is 0.862 bits per heavy atom. The van der Waals surface area contributed by atoms with Crippen molar-refractivity contribution in [3.05, 3.63) is 83.9 Å². The van der Waals surface area contributed by atoms with E-state index < -0.39 is 0 Å². The molecule has 0 aliphatic carbocycles. The van der Waals surface area contributed by atoms with Gasteiger partial charge >= 0.3 is 0 Å². The van der Waals surface area contributed by atoms with Gasteiger partial charge in [0, 0.05) is 5.56 Å². The van der Waals surface area contributed by atoms with Gasteiger partial charge in [-0.25, -0.2) is 0 Å². The average molecular weight is 383 g/mol. The highest BCUT2D eigenvalue weighted by atomic mass is 16.2. The molecule has 4 nitrogen and oxygen atoms in total. The van der Waals surface area contributed by atoms with Crippen molar-refractivity contribution in [3.8, 4) is 11.1 Å². The fourth-order valence-corrected chi connectivity index (χ4v) is 3.66. The summed E-state index contributed by atoms with van der Waals surface area (Å²) in [7, 11) is 0. The molecule has 0 saturated heterocycles. The van der Waals surface area contributed by atoms with E-state index in [-0.39, 0.29) is 5.91 Å². The van der Waals surface area contributed by atoms with Crippen LogP contribution in [0, 0.1) is 0 Å². The Balaban J connectivity index is 1.61. The third-order valence-electron chi connectivity index (χ3n) is 5.29. The van der Waals surface area contributed by atoms with Crippen LogP contribution in [0.1, 0.15) is 48.5 Å². The number of aryl methyl sites for hydroxylation is 1. The molecule has 4 rings (SSSR count). The molecule has 146 valence electrons. The number of para-hydroxylation sites is 1. The van der Waals surface area contributed by atoms with Crippen molar-refractivity contribution < 1.29 is 4.79 Å². The Kier molecular flexibility index (Phi) is 5.80. The zero-order valence-corrected chi connectivity index (χ0v) is 16.7. The summed E-state index contributed by atoms with van der Waals surface area (Å²) < 4.78 is 1.39. The molecular formula is C25H25N3O. The summed E-state index contributed by atoms with van der Waals surface area (Å²) in [6, 6.07) is 23.8. The van der Waals surface area contributed by atoms with E-state index in [9.17, 15) is 4.79 Å². The highest BCUT2D eigenvalue weighted by Gasteiger charge is 2.17. The van der Waals surface area contributed by atoms with Gasteiger partial charge in [-0.15, -0.1) is 5.10 Å². The molecule has 0 bridgehead atoms. The van der Waals surface area contributed by atoms with E-state index in [2.05, 4.69) is 41.5 Å². The van der Waals surface area contributed by atoms with Gasteiger partial charge in [0.25, 0.3) is 5.91 Å². The van der Waals surface area contributed by atoms with Gasteiger partial charge in [-0.2, -0.15) is 4.68 Å². The maximum atomic E-state index is 13.2. The van der Waals surface area contributed by atoms with Gasteiger partial charge in [-0.05, 0) is 47.7 Å². The van der Waals surface area contributed by atoms with E-state index in [0.717, 1.165) is 23.1 Å². The fraction of sp³-hybridized carbons (Fsp3) is 0.240. The van der Waals surface area contributed by atoms with Gasteiger partial charge in [-0.3, -0.25) is 4.79 Å². The van der Waals surface area contributed by atoms with E-state index in [1.165, 1.54) is 35.9 Å². The van der Waals surface area contributed by atoms with Crippen LogP contribution in [-0.4, -0.2) is 20.9 Å². The number of hydrogen-bond acceptors (Lipinski definition) is 3. The SMILES string of the molecule is CCCCCCc1ccc(-c2ccccc2C(=O)n2nnc3ccccc32)cc1. The Hall–Kier alpha value is -3.27. The number of fused-ring (bicyclic) bond motifs is 1. The summed E-state index contributed by atoms with van der Waals surface area (Å²) >= 11 is 0. The van der Waals surface area contributed by atoms with Gasteiger partial charge in [0.2, 0.25) is 0 Å². The van der Waals surface area contributed by atoms with Gasteiger partial charge in [-0.1, -0.05) is 86.0 Å². The van der Waals surface area contributed by atoms with Crippen LogP contribution in [0.5, 0.6) is 0 Å². The first kappa shape index (κ1) is 19.1. The summed E-state index contributed by atoms with van der Waals surface area (Å²) in [4.78, 5) is 13.2. The van der Waals surface area contributed by atoms with Gasteiger partial charge in [0.1, 0.15) is 5.52 Å². The van der Waals surface area contributed by atoms with Crippen LogP contribution in [-0.2, 0) is 6.42 Å². The summed E-state index contributed by atoms with van der Waals surface area (Å²) in [5, 5.41) is 8.20. The van der Waals surface area contributed by atoms with Crippen LogP contribution in [0.4, 0.5) is 0 Å². The second-order valence-electron chi connectivity index (χ2n) is 7.35. The minimum Gasteiger partial charge on any atom is -0.267 e.